The second-order valence-corrected chi connectivity index (χ2v) is 6.81. The van der Waals surface area contributed by atoms with E-state index in [2.05, 4.69) is 17.1 Å². The highest BCUT2D eigenvalue weighted by molar-refractivity contribution is 5.78. The van der Waals surface area contributed by atoms with Crippen molar-refractivity contribution in [2.24, 2.45) is 0 Å². The summed E-state index contributed by atoms with van der Waals surface area (Å²) >= 11 is 0. The molecule has 4 heteroatoms. The number of ether oxygens (including phenoxy) is 2. The van der Waals surface area contributed by atoms with Gasteiger partial charge in [-0.05, 0) is 55.5 Å². The Kier molecular flexibility index (Phi) is 4.91. The number of pyridine rings is 1. The van der Waals surface area contributed by atoms with E-state index in [4.69, 9.17) is 9.47 Å². The van der Waals surface area contributed by atoms with Crippen LogP contribution < -0.4 is 14.9 Å². The number of H-pyrrole nitrogens is 1. The molecule has 4 rings (SSSR count). The van der Waals surface area contributed by atoms with Crippen LogP contribution in [0.15, 0.2) is 53.3 Å². The van der Waals surface area contributed by atoms with Crippen molar-refractivity contribution in [1.82, 2.24) is 4.98 Å². The molecule has 1 aliphatic rings. The molecular weight excluding hydrogens is 326 g/mol. The first kappa shape index (κ1) is 16.7. The van der Waals surface area contributed by atoms with Gasteiger partial charge in [0.25, 0.3) is 0 Å². The lowest BCUT2D eigenvalue weighted by Crippen LogP contribution is -2.05. The second kappa shape index (κ2) is 7.65. The van der Waals surface area contributed by atoms with Crippen molar-refractivity contribution in [1.29, 1.82) is 0 Å². The molecule has 1 N–H and O–H groups in total. The van der Waals surface area contributed by atoms with Crippen LogP contribution in [0, 0.1) is 0 Å². The van der Waals surface area contributed by atoms with Crippen molar-refractivity contribution in [2.75, 3.05) is 6.79 Å². The first-order valence-corrected chi connectivity index (χ1v) is 9.29. The minimum Gasteiger partial charge on any atom is -0.454 e. The number of fused-ring (bicyclic) bond motifs is 2. The molecule has 0 bridgehead atoms. The van der Waals surface area contributed by atoms with Crippen molar-refractivity contribution in [3.05, 3.63) is 70.0 Å². The van der Waals surface area contributed by atoms with E-state index in [-0.39, 0.29) is 5.43 Å². The SMILES string of the molecule is O=c1cc(CCCCCCc2ccc3c(c2)OCO3)[nH]c2ccccc12. The predicted molar refractivity (Wildman–Crippen MR) is 103 cm³/mol. The number of para-hydroxylation sites is 1. The van der Waals surface area contributed by atoms with E-state index in [0.29, 0.717) is 6.79 Å². The van der Waals surface area contributed by atoms with E-state index >= 15 is 0 Å². The summed E-state index contributed by atoms with van der Waals surface area (Å²) in [6, 6.07) is 15.6. The standard InChI is InChI=1S/C22H23NO3/c24-20-14-17(23-19-10-6-5-9-18(19)20)8-4-2-1-3-7-16-11-12-21-22(13-16)26-15-25-21/h5-6,9-14H,1-4,7-8,15H2,(H,23,24). The average Bonchev–Trinajstić information content (AvgIpc) is 3.12. The molecule has 134 valence electrons. The molecule has 0 radical (unpaired) electrons. The smallest absolute Gasteiger partial charge is 0.231 e. The van der Waals surface area contributed by atoms with Gasteiger partial charge < -0.3 is 14.5 Å². The summed E-state index contributed by atoms with van der Waals surface area (Å²) in [5, 5.41) is 0.764. The minimum absolute atomic E-state index is 0.108. The van der Waals surface area contributed by atoms with E-state index in [1.54, 1.807) is 6.07 Å². The maximum atomic E-state index is 12.1. The van der Waals surface area contributed by atoms with Crippen molar-refractivity contribution in [2.45, 2.75) is 38.5 Å². The number of rotatable bonds is 7. The molecule has 3 aromatic rings. The Bertz CT molecular complexity index is 961. The summed E-state index contributed by atoms with van der Waals surface area (Å²) in [7, 11) is 0. The Morgan fingerprint density at radius 2 is 1.65 bits per heavy atom. The lowest BCUT2D eigenvalue weighted by atomic mass is 10.0. The summed E-state index contributed by atoms with van der Waals surface area (Å²) in [5.74, 6) is 1.71. The lowest BCUT2D eigenvalue weighted by Gasteiger charge is -2.05. The van der Waals surface area contributed by atoms with Crippen LogP contribution >= 0.6 is 0 Å². The zero-order chi connectivity index (χ0) is 17.8. The molecule has 0 aliphatic carbocycles. The Balaban J connectivity index is 1.23. The second-order valence-electron chi connectivity index (χ2n) is 6.81. The van der Waals surface area contributed by atoms with Gasteiger partial charge in [0.2, 0.25) is 6.79 Å². The number of hydrogen-bond donors (Lipinski definition) is 1. The zero-order valence-corrected chi connectivity index (χ0v) is 14.8. The average molecular weight is 349 g/mol. The van der Waals surface area contributed by atoms with E-state index in [1.807, 2.05) is 30.3 Å². The summed E-state index contributed by atoms with van der Waals surface area (Å²) in [5.41, 5.74) is 3.37. The van der Waals surface area contributed by atoms with Gasteiger partial charge in [0.05, 0.1) is 0 Å². The third-order valence-corrected chi connectivity index (χ3v) is 4.89. The maximum Gasteiger partial charge on any atom is 0.231 e. The topological polar surface area (TPSA) is 51.3 Å². The highest BCUT2D eigenvalue weighted by atomic mass is 16.7. The molecule has 0 fully saturated rings. The summed E-state index contributed by atoms with van der Waals surface area (Å²) < 4.78 is 10.8. The van der Waals surface area contributed by atoms with Gasteiger partial charge >= 0.3 is 0 Å². The van der Waals surface area contributed by atoms with Gasteiger partial charge in [0, 0.05) is 22.7 Å². The monoisotopic (exact) mass is 349 g/mol. The molecule has 0 spiro atoms. The number of aromatic nitrogens is 1. The van der Waals surface area contributed by atoms with E-state index < -0.39 is 0 Å². The minimum atomic E-state index is 0.108. The first-order valence-electron chi connectivity index (χ1n) is 9.29. The molecule has 1 aromatic heterocycles. The van der Waals surface area contributed by atoms with Crippen LogP contribution in [0.3, 0.4) is 0 Å². The Labute approximate surface area is 152 Å². The molecule has 0 amide bonds. The fraction of sp³-hybridized carbons (Fsp3) is 0.318. The first-order chi connectivity index (χ1) is 12.8. The van der Waals surface area contributed by atoms with E-state index in [1.165, 1.54) is 18.4 Å². The Hall–Kier alpha value is -2.75. The van der Waals surface area contributed by atoms with Crippen LogP contribution in [0.4, 0.5) is 0 Å². The quantitative estimate of drug-likeness (QED) is 0.634. The number of nitrogens with one attached hydrogen (secondary N) is 1. The van der Waals surface area contributed by atoms with Crippen LogP contribution in [-0.2, 0) is 12.8 Å². The van der Waals surface area contributed by atoms with Gasteiger partial charge in [-0.3, -0.25) is 4.79 Å². The largest absolute Gasteiger partial charge is 0.454 e. The van der Waals surface area contributed by atoms with Gasteiger partial charge in [-0.1, -0.05) is 31.0 Å². The summed E-state index contributed by atoms with van der Waals surface area (Å²) in [6.07, 6.45) is 6.59. The van der Waals surface area contributed by atoms with Crippen LogP contribution in [0.2, 0.25) is 0 Å². The number of aromatic amines is 1. The Morgan fingerprint density at radius 3 is 2.58 bits per heavy atom. The van der Waals surface area contributed by atoms with Crippen molar-refractivity contribution < 1.29 is 9.47 Å². The van der Waals surface area contributed by atoms with Crippen molar-refractivity contribution >= 4 is 10.9 Å². The van der Waals surface area contributed by atoms with Crippen molar-refractivity contribution in [3.8, 4) is 11.5 Å². The molecule has 0 saturated heterocycles. The lowest BCUT2D eigenvalue weighted by molar-refractivity contribution is 0.174. The fourth-order valence-electron chi connectivity index (χ4n) is 3.48. The fourth-order valence-corrected chi connectivity index (χ4v) is 3.48. The normalized spacial score (nSPS) is 12.6. The third kappa shape index (κ3) is 3.74. The highest BCUT2D eigenvalue weighted by Gasteiger charge is 2.12. The molecule has 0 atom stereocenters. The van der Waals surface area contributed by atoms with Crippen LogP contribution in [0.1, 0.15) is 36.9 Å². The van der Waals surface area contributed by atoms with Gasteiger partial charge in [-0.25, -0.2) is 0 Å². The molecule has 4 nitrogen and oxygen atoms in total. The predicted octanol–water partition coefficient (Wildman–Crippen LogP) is 4.60. The van der Waals surface area contributed by atoms with Crippen molar-refractivity contribution in [3.63, 3.8) is 0 Å². The van der Waals surface area contributed by atoms with E-state index in [9.17, 15) is 4.79 Å². The summed E-state index contributed by atoms with van der Waals surface area (Å²) in [4.78, 5) is 15.5. The number of unbranched alkanes of at least 4 members (excludes halogenated alkanes) is 3. The molecule has 1 aliphatic heterocycles. The molecular formula is C22H23NO3. The van der Waals surface area contributed by atoms with Crippen LogP contribution in [0.5, 0.6) is 11.5 Å². The highest BCUT2D eigenvalue weighted by Crippen LogP contribution is 2.32. The Morgan fingerprint density at radius 1 is 0.846 bits per heavy atom. The molecule has 26 heavy (non-hydrogen) atoms. The van der Waals surface area contributed by atoms with Gasteiger partial charge in [0.15, 0.2) is 16.9 Å². The molecule has 0 saturated carbocycles. The van der Waals surface area contributed by atoms with Gasteiger partial charge in [-0.2, -0.15) is 0 Å². The van der Waals surface area contributed by atoms with Gasteiger partial charge in [-0.15, -0.1) is 0 Å². The van der Waals surface area contributed by atoms with Crippen LogP contribution in [0.25, 0.3) is 10.9 Å². The van der Waals surface area contributed by atoms with E-state index in [0.717, 1.165) is 53.8 Å². The number of aryl methyl sites for hydroxylation is 2. The third-order valence-electron chi connectivity index (χ3n) is 4.89. The summed E-state index contributed by atoms with van der Waals surface area (Å²) in [6.45, 7) is 0.329. The number of hydrogen-bond acceptors (Lipinski definition) is 3. The van der Waals surface area contributed by atoms with Crippen LogP contribution in [-0.4, -0.2) is 11.8 Å². The molecule has 0 unspecified atom stereocenters. The number of benzene rings is 2. The molecule has 2 aromatic carbocycles. The maximum absolute atomic E-state index is 12.1. The van der Waals surface area contributed by atoms with Gasteiger partial charge in [0.1, 0.15) is 0 Å². The zero-order valence-electron chi connectivity index (χ0n) is 14.8. The molecule has 2 heterocycles.